The molecule has 0 bridgehead atoms. The molecular weight excluding hydrogens is 260 g/mol. The van der Waals surface area contributed by atoms with E-state index in [9.17, 15) is 19.2 Å². The molecule has 0 aromatic heterocycles. The monoisotopic (exact) mass is 278 g/mol. The Labute approximate surface area is 117 Å². The second-order valence-electron chi connectivity index (χ2n) is 5.73. The van der Waals surface area contributed by atoms with E-state index < -0.39 is 0 Å². The first-order chi connectivity index (χ1) is 9.59. The molecule has 2 heterocycles. The standard InChI is InChI=1S/C14H18N2O4/c17-11-5-6-12(18)15(11)9-3-1-2-4-10(9)16-13(19)7-8-14(16)20/h9-10H,1-8H2. The fraction of sp³-hybridized carbons (Fsp3) is 0.714. The molecule has 1 aliphatic carbocycles. The van der Waals surface area contributed by atoms with Crippen LogP contribution >= 0.6 is 0 Å². The van der Waals surface area contributed by atoms with Gasteiger partial charge in [-0.1, -0.05) is 12.8 Å². The average molecular weight is 278 g/mol. The van der Waals surface area contributed by atoms with Crippen LogP contribution in [0.4, 0.5) is 0 Å². The van der Waals surface area contributed by atoms with Gasteiger partial charge in [-0.25, -0.2) is 0 Å². The van der Waals surface area contributed by atoms with Crippen LogP contribution in [0.15, 0.2) is 0 Å². The van der Waals surface area contributed by atoms with Gasteiger partial charge in [0.25, 0.3) is 0 Å². The average Bonchev–Trinajstić information content (AvgIpc) is 2.93. The van der Waals surface area contributed by atoms with Gasteiger partial charge in [0.05, 0.1) is 12.1 Å². The van der Waals surface area contributed by atoms with E-state index in [1.54, 1.807) is 0 Å². The Morgan fingerprint density at radius 3 is 1.20 bits per heavy atom. The first-order valence-electron chi connectivity index (χ1n) is 7.29. The van der Waals surface area contributed by atoms with Crippen LogP contribution in [0.1, 0.15) is 51.4 Å². The van der Waals surface area contributed by atoms with Gasteiger partial charge >= 0.3 is 0 Å². The summed E-state index contributed by atoms with van der Waals surface area (Å²) < 4.78 is 0. The Hall–Kier alpha value is -1.72. The van der Waals surface area contributed by atoms with Crippen LogP contribution in [-0.2, 0) is 19.2 Å². The molecule has 0 radical (unpaired) electrons. The topological polar surface area (TPSA) is 74.8 Å². The number of nitrogens with zero attached hydrogens (tertiary/aromatic N) is 2. The highest BCUT2D eigenvalue weighted by molar-refractivity contribution is 6.04. The lowest BCUT2D eigenvalue weighted by Crippen LogP contribution is -2.56. The van der Waals surface area contributed by atoms with Crippen molar-refractivity contribution in [1.82, 2.24) is 9.80 Å². The highest BCUT2D eigenvalue weighted by atomic mass is 16.2. The van der Waals surface area contributed by atoms with Crippen LogP contribution < -0.4 is 0 Å². The Kier molecular flexibility index (Phi) is 3.31. The first-order valence-corrected chi connectivity index (χ1v) is 7.29. The molecule has 3 fully saturated rings. The molecule has 6 nitrogen and oxygen atoms in total. The summed E-state index contributed by atoms with van der Waals surface area (Å²) in [5.74, 6) is -0.644. The molecule has 2 atom stereocenters. The fourth-order valence-electron chi connectivity index (χ4n) is 3.62. The van der Waals surface area contributed by atoms with Crippen molar-refractivity contribution in [2.45, 2.75) is 63.5 Å². The number of rotatable bonds is 2. The van der Waals surface area contributed by atoms with Crippen molar-refractivity contribution in [3.8, 4) is 0 Å². The Bertz CT molecular complexity index is 412. The van der Waals surface area contributed by atoms with Gasteiger partial charge in [0.15, 0.2) is 0 Å². The molecule has 2 aliphatic heterocycles. The second-order valence-corrected chi connectivity index (χ2v) is 5.73. The molecular formula is C14H18N2O4. The Morgan fingerprint density at radius 1 is 0.600 bits per heavy atom. The Balaban J connectivity index is 1.87. The second kappa shape index (κ2) is 5.00. The van der Waals surface area contributed by atoms with Crippen molar-refractivity contribution in [3.05, 3.63) is 0 Å². The normalized spacial score (nSPS) is 31.6. The lowest BCUT2D eigenvalue weighted by Gasteiger charge is -2.40. The van der Waals surface area contributed by atoms with Gasteiger partial charge in [0, 0.05) is 25.7 Å². The van der Waals surface area contributed by atoms with Gasteiger partial charge in [-0.15, -0.1) is 0 Å². The van der Waals surface area contributed by atoms with Gasteiger partial charge in [0.2, 0.25) is 23.6 Å². The van der Waals surface area contributed by atoms with Crippen molar-refractivity contribution in [2.24, 2.45) is 0 Å². The highest BCUT2D eigenvalue weighted by Crippen LogP contribution is 2.32. The third kappa shape index (κ3) is 2.03. The summed E-state index contributed by atoms with van der Waals surface area (Å²) in [6.45, 7) is 0. The minimum absolute atomic E-state index is 0.161. The summed E-state index contributed by atoms with van der Waals surface area (Å²) in [5.41, 5.74) is 0. The van der Waals surface area contributed by atoms with Crippen molar-refractivity contribution < 1.29 is 19.2 Å². The highest BCUT2D eigenvalue weighted by Gasteiger charge is 2.46. The molecule has 20 heavy (non-hydrogen) atoms. The summed E-state index contributed by atoms with van der Waals surface area (Å²) in [6, 6.07) is -0.616. The maximum atomic E-state index is 11.9. The quantitative estimate of drug-likeness (QED) is 0.693. The lowest BCUT2D eigenvalue weighted by molar-refractivity contribution is -0.151. The van der Waals surface area contributed by atoms with Crippen molar-refractivity contribution in [1.29, 1.82) is 0 Å². The zero-order valence-corrected chi connectivity index (χ0v) is 11.3. The molecule has 0 spiro atoms. The minimum atomic E-state index is -0.308. The zero-order chi connectivity index (χ0) is 14.3. The van der Waals surface area contributed by atoms with E-state index in [1.807, 2.05) is 0 Å². The maximum Gasteiger partial charge on any atom is 0.230 e. The van der Waals surface area contributed by atoms with Gasteiger partial charge in [0.1, 0.15) is 0 Å². The molecule has 2 saturated heterocycles. The number of hydrogen-bond donors (Lipinski definition) is 0. The van der Waals surface area contributed by atoms with Gasteiger partial charge < -0.3 is 0 Å². The first kappa shape index (κ1) is 13.3. The maximum absolute atomic E-state index is 11.9. The summed E-state index contributed by atoms with van der Waals surface area (Å²) >= 11 is 0. The van der Waals surface area contributed by atoms with Crippen LogP contribution in [-0.4, -0.2) is 45.5 Å². The molecule has 0 N–H and O–H groups in total. The molecule has 2 unspecified atom stereocenters. The van der Waals surface area contributed by atoms with Crippen LogP contribution in [0.2, 0.25) is 0 Å². The fourth-order valence-corrected chi connectivity index (χ4v) is 3.62. The SMILES string of the molecule is O=C1CCC(=O)N1C1CCCCC1N1C(=O)CCC1=O. The van der Waals surface area contributed by atoms with E-state index >= 15 is 0 Å². The summed E-state index contributed by atoms with van der Waals surface area (Å²) in [4.78, 5) is 50.3. The molecule has 0 aromatic rings. The molecule has 108 valence electrons. The summed E-state index contributed by atoms with van der Waals surface area (Å²) in [6.07, 6.45) is 4.25. The van der Waals surface area contributed by atoms with Gasteiger partial charge in [-0.3, -0.25) is 29.0 Å². The van der Waals surface area contributed by atoms with E-state index in [-0.39, 0.29) is 61.4 Å². The molecule has 3 rings (SSSR count). The number of carbonyl (C=O) groups is 4. The molecule has 1 saturated carbocycles. The number of likely N-dealkylation sites (tertiary alicyclic amines) is 2. The number of hydrogen-bond acceptors (Lipinski definition) is 4. The van der Waals surface area contributed by atoms with E-state index in [2.05, 4.69) is 0 Å². The number of carbonyl (C=O) groups excluding carboxylic acids is 4. The summed E-state index contributed by atoms with van der Waals surface area (Å²) in [5, 5.41) is 0. The van der Waals surface area contributed by atoms with Crippen LogP contribution in [0, 0.1) is 0 Å². The van der Waals surface area contributed by atoms with Crippen molar-refractivity contribution >= 4 is 23.6 Å². The number of amides is 4. The lowest BCUT2D eigenvalue weighted by atomic mass is 9.88. The molecule has 4 amide bonds. The van der Waals surface area contributed by atoms with E-state index in [1.165, 1.54) is 9.80 Å². The van der Waals surface area contributed by atoms with Crippen LogP contribution in [0.5, 0.6) is 0 Å². The summed E-state index contributed by atoms with van der Waals surface area (Å²) in [7, 11) is 0. The Morgan fingerprint density at radius 2 is 0.900 bits per heavy atom. The predicted octanol–water partition coefficient (Wildman–Crippen LogP) is 0.596. The molecule has 3 aliphatic rings. The predicted molar refractivity (Wildman–Crippen MR) is 68.2 cm³/mol. The van der Waals surface area contributed by atoms with E-state index in [0.717, 1.165) is 12.8 Å². The number of imide groups is 2. The van der Waals surface area contributed by atoms with Crippen LogP contribution in [0.3, 0.4) is 0 Å². The van der Waals surface area contributed by atoms with Crippen LogP contribution in [0.25, 0.3) is 0 Å². The minimum Gasteiger partial charge on any atom is -0.277 e. The van der Waals surface area contributed by atoms with E-state index in [4.69, 9.17) is 0 Å². The largest absolute Gasteiger partial charge is 0.277 e. The third-order valence-electron chi connectivity index (χ3n) is 4.54. The smallest absolute Gasteiger partial charge is 0.230 e. The van der Waals surface area contributed by atoms with Gasteiger partial charge in [-0.2, -0.15) is 0 Å². The van der Waals surface area contributed by atoms with Gasteiger partial charge in [-0.05, 0) is 12.8 Å². The van der Waals surface area contributed by atoms with E-state index in [0.29, 0.717) is 12.8 Å². The zero-order valence-electron chi connectivity index (χ0n) is 11.3. The molecule has 0 aromatic carbocycles. The third-order valence-corrected chi connectivity index (χ3v) is 4.54. The van der Waals surface area contributed by atoms with Crippen molar-refractivity contribution in [2.75, 3.05) is 0 Å². The van der Waals surface area contributed by atoms with Crippen molar-refractivity contribution in [3.63, 3.8) is 0 Å². The molecule has 6 heteroatoms.